The average Bonchev–Trinajstić information content (AvgIpc) is 2.54. The molecule has 0 spiro atoms. The van der Waals surface area contributed by atoms with Gasteiger partial charge in [0.2, 0.25) is 0 Å². The van der Waals surface area contributed by atoms with Crippen LogP contribution in [0.3, 0.4) is 0 Å². The first-order chi connectivity index (χ1) is 11.0. The molecule has 0 aliphatic heterocycles. The largest absolute Gasteiger partial charge is 0.489 e. The average molecular weight is 332 g/mol. The summed E-state index contributed by atoms with van der Waals surface area (Å²) in [6.07, 6.45) is 3.32. The van der Waals surface area contributed by atoms with E-state index in [4.69, 9.17) is 11.6 Å². The van der Waals surface area contributed by atoms with Crippen molar-refractivity contribution in [3.05, 3.63) is 58.6 Å². The van der Waals surface area contributed by atoms with Crippen LogP contribution in [0.25, 0.3) is 0 Å². The summed E-state index contributed by atoms with van der Waals surface area (Å²) in [7, 11) is -1.71. The van der Waals surface area contributed by atoms with Crippen molar-refractivity contribution in [3.8, 4) is 0 Å². The molecular weight excluding hydrogens is 312 g/mol. The number of carbonyl (C=O) groups is 1. The third-order valence-corrected chi connectivity index (χ3v) is 3.91. The molecule has 0 aliphatic rings. The Bertz CT molecular complexity index is 674. The number of hydrogen-bond donors (Lipinski definition) is 3. The summed E-state index contributed by atoms with van der Waals surface area (Å²) in [6.45, 7) is 2.15. The highest BCUT2D eigenvalue weighted by Gasteiger charge is 2.17. The molecule has 0 bridgehead atoms. The second-order valence-corrected chi connectivity index (χ2v) is 5.77. The molecule has 1 amide bonds. The number of aryl methyl sites for hydroxylation is 1. The van der Waals surface area contributed by atoms with E-state index in [0.29, 0.717) is 11.3 Å². The van der Waals surface area contributed by atoms with E-state index in [2.05, 4.69) is 12.2 Å². The van der Waals surface area contributed by atoms with E-state index in [-0.39, 0.29) is 16.4 Å². The Hall–Kier alpha value is -1.82. The fraction of sp³-hybridized carbons (Fsp3) is 0.235. The van der Waals surface area contributed by atoms with E-state index in [1.165, 1.54) is 17.7 Å². The molecule has 0 aromatic heterocycles. The van der Waals surface area contributed by atoms with E-state index >= 15 is 0 Å². The Kier molecular flexibility index (Phi) is 6.22. The number of amides is 1. The summed E-state index contributed by atoms with van der Waals surface area (Å²) in [5.41, 5.74) is 2.35. The lowest BCUT2D eigenvalue weighted by molar-refractivity contribution is 0.102. The van der Waals surface area contributed by atoms with Crippen molar-refractivity contribution in [2.45, 2.75) is 26.2 Å². The van der Waals surface area contributed by atoms with Crippen LogP contribution in [0.4, 0.5) is 5.69 Å². The van der Waals surface area contributed by atoms with Gasteiger partial charge in [-0.2, -0.15) is 0 Å². The molecule has 2 aromatic carbocycles. The first kappa shape index (κ1) is 17.5. The van der Waals surface area contributed by atoms with Crippen LogP contribution in [0.2, 0.25) is 5.02 Å². The molecule has 3 N–H and O–H groups in total. The van der Waals surface area contributed by atoms with Gasteiger partial charge in [0.05, 0.1) is 0 Å². The lowest BCUT2D eigenvalue weighted by Crippen LogP contribution is -2.31. The molecule has 120 valence electrons. The summed E-state index contributed by atoms with van der Waals surface area (Å²) < 4.78 is 0. The first-order valence-electron chi connectivity index (χ1n) is 7.57. The van der Waals surface area contributed by atoms with Gasteiger partial charge in [-0.15, -0.1) is 0 Å². The predicted molar refractivity (Wildman–Crippen MR) is 94.3 cm³/mol. The van der Waals surface area contributed by atoms with E-state index < -0.39 is 7.12 Å². The molecule has 0 unspecified atom stereocenters. The SMILES string of the molecule is CCCCc1ccc(NC(=O)c2ccc(Cl)c(B(O)O)c2)cc1. The van der Waals surface area contributed by atoms with Gasteiger partial charge in [0.1, 0.15) is 0 Å². The molecule has 6 heteroatoms. The van der Waals surface area contributed by atoms with Crippen LogP contribution < -0.4 is 10.8 Å². The standard InChI is InChI=1S/C17H19BClNO3/c1-2-3-4-12-5-8-14(9-6-12)20-17(21)13-7-10-16(19)15(11-13)18(22)23/h5-11,22-23H,2-4H2,1H3,(H,20,21). The van der Waals surface area contributed by atoms with Gasteiger partial charge in [0.15, 0.2) is 0 Å². The zero-order valence-corrected chi connectivity index (χ0v) is 13.7. The summed E-state index contributed by atoms with van der Waals surface area (Å²) in [5, 5.41) is 21.5. The van der Waals surface area contributed by atoms with Crippen molar-refractivity contribution in [2.75, 3.05) is 5.32 Å². The van der Waals surface area contributed by atoms with E-state index in [9.17, 15) is 14.8 Å². The van der Waals surface area contributed by atoms with Crippen LogP contribution >= 0.6 is 11.6 Å². The topological polar surface area (TPSA) is 69.6 Å². The molecule has 0 saturated carbocycles. The van der Waals surface area contributed by atoms with Crippen LogP contribution in [0.5, 0.6) is 0 Å². The fourth-order valence-corrected chi connectivity index (χ4v) is 2.44. The Balaban J connectivity index is 2.08. The number of unbranched alkanes of at least 4 members (excludes halogenated alkanes) is 1. The van der Waals surface area contributed by atoms with Gasteiger partial charge >= 0.3 is 7.12 Å². The minimum atomic E-state index is -1.71. The van der Waals surface area contributed by atoms with Gasteiger partial charge in [0, 0.05) is 21.7 Å². The van der Waals surface area contributed by atoms with Gasteiger partial charge in [-0.25, -0.2) is 0 Å². The molecule has 0 radical (unpaired) electrons. The minimum Gasteiger partial charge on any atom is -0.423 e. The van der Waals surface area contributed by atoms with Crippen molar-refractivity contribution in [1.29, 1.82) is 0 Å². The molecule has 2 rings (SSSR count). The van der Waals surface area contributed by atoms with Crippen molar-refractivity contribution >= 4 is 35.8 Å². The Labute approximate surface area is 141 Å². The van der Waals surface area contributed by atoms with Crippen LogP contribution in [0, 0.1) is 0 Å². The van der Waals surface area contributed by atoms with E-state index in [1.807, 2.05) is 24.3 Å². The first-order valence-corrected chi connectivity index (χ1v) is 7.95. The highest BCUT2D eigenvalue weighted by molar-refractivity contribution is 6.62. The third kappa shape index (κ3) is 4.83. The molecule has 0 atom stereocenters. The van der Waals surface area contributed by atoms with Gasteiger partial charge < -0.3 is 15.4 Å². The number of anilines is 1. The second-order valence-electron chi connectivity index (χ2n) is 5.36. The highest BCUT2D eigenvalue weighted by Crippen LogP contribution is 2.14. The smallest absolute Gasteiger partial charge is 0.423 e. The molecule has 4 nitrogen and oxygen atoms in total. The summed E-state index contributed by atoms with van der Waals surface area (Å²) in [4.78, 5) is 12.2. The van der Waals surface area contributed by atoms with Gasteiger partial charge in [0.25, 0.3) is 5.91 Å². The van der Waals surface area contributed by atoms with Gasteiger partial charge in [-0.05, 0) is 48.7 Å². The Morgan fingerprint density at radius 1 is 1.17 bits per heavy atom. The number of nitrogens with one attached hydrogen (secondary N) is 1. The molecule has 0 aliphatic carbocycles. The maximum atomic E-state index is 12.2. The number of benzene rings is 2. The van der Waals surface area contributed by atoms with Crippen LogP contribution in [-0.4, -0.2) is 23.1 Å². The Morgan fingerprint density at radius 2 is 1.87 bits per heavy atom. The van der Waals surface area contributed by atoms with Crippen molar-refractivity contribution < 1.29 is 14.8 Å². The van der Waals surface area contributed by atoms with Crippen molar-refractivity contribution in [2.24, 2.45) is 0 Å². The van der Waals surface area contributed by atoms with E-state index in [1.54, 1.807) is 6.07 Å². The number of carbonyl (C=O) groups excluding carboxylic acids is 1. The molecule has 0 saturated heterocycles. The summed E-state index contributed by atoms with van der Waals surface area (Å²) in [5.74, 6) is -0.329. The van der Waals surface area contributed by atoms with Gasteiger partial charge in [-0.3, -0.25) is 4.79 Å². The zero-order valence-electron chi connectivity index (χ0n) is 12.9. The summed E-state index contributed by atoms with van der Waals surface area (Å²) in [6, 6.07) is 12.1. The van der Waals surface area contributed by atoms with Gasteiger partial charge in [-0.1, -0.05) is 37.1 Å². The number of halogens is 1. The maximum absolute atomic E-state index is 12.2. The molecule has 0 fully saturated rings. The van der Waals surface area contributed by atoms with Crippen LogP contribution in [0.15, 0.2) is 42.5 Å². The Morgan fingerprint density at radius 3 is 2.48 bits per heavy atom. The quantitative estimate of drug-likeness (QED) is 0.713. The van der Waals surface area contributed by atoms with Crippen molar-refractivity contribution in [3.63, 3.8) is 0 Å². The fourth-order valence-electron chi connectivity index (χ4n) is 2.22. The van der Waals surface area contributed by atoms with Crippen molar-refractivity contribution in [1.82, 2.24) is 0 Å². The number of hydrogen-bond acceptors (Lipinski definition) is 3. The molecule has 23 heavy (non-hydrogen) atoms. The number of rotatable bonds is 6. The minimum absolute atomic E-state index is 0.106. The summed E-state index contributed by atoms with van der Waals surface area (Å²) >= 11 is 5.86. The van der Waals surface area contributed by atoms with Crippen LogP contribution in [-0.2, 0) is 6.42 Å². The molecular formula is C17H19BClNO3. The molecule has 2 aromatic rings. The maximum Gasteiger partial charge on any atom is 0.489 e. The second kappa shape index (κ2) is 8.15. The predicted octanol–water partition coefficient (Wildman–Crippen LogP) is 2.61. The lowest BCUT2D eigenvalue weighted by atomic mass is 9.79. The normalized spacial score (nSPS) is 10.4. The third-order valence-electron chi connectivity index (χ3n) is 3.57. The molecule has 0 heterocycles. The van der Waals surface area contributed by atoms with Crippen LogP contribution in [0.1, 0.15) is 35.7 Å². The zero-order chi connectivity index (χ0) is 16.8. The lowest BCUT2D eigenvalue weighted by Gasteiger charge is -2.09. The monoisotopic (exact) mass is 331 g/mol. The highest BCUT2D eigenvalue weighted by atomic mass is 35.5. The van der Waals surface area contributed by atoms with E-state index in [0.717, 1.165) is 19.3 Å².